The van der Waals surface area contributed by atoms with Gasteiger partial charge in [0.05, 0.1) is 6.10 Å². The Morgan fingerprint density at radius 1 is 1.26 bits per heavy atom. The van der Waals surface area contributed by atoms with E-state index in [-0.39, 0.29) is 6.10 Å². The number of nitrogen functional groups attached to an aromatic ring is 1. The van der Waals surface area contributed by atoms with Gasteiger partial charge < -0.3 is 15.0 Å². The Hall–Kier alpha value is -1.69. The fourth-order valence-corrected chi connectivity index (χ4v) is 2.51. The zero-order valence-corrected chi connectivity index (χ0v) is 12.4. The van der Waals surface area contributed by atoms with E-state index in [4.69, 9.17) is 10.5 Å². The van der Waals surface area contributed by atoms with Gasteiger partial charge >= 0.3 is 0 Å². The zero-order valence-electron chi connectivity index (χ0n) is 11.5. The molecule has 0 fully saturated rings. The summed E-state index contributed by atoms with van der Waals surface area (Å²) in [4.78, 5) is 0.992. The first-order valence-corrected chi connectivity index (χ1v) is 6.88. The van der Waals surface area contributed by atoms with Gasteiger partial charge in [0, 0.05) is 23.7 Å². The average molecular weight is 278 g/mol. The highest BCUT2D eigenvalue weighted by Gasteiger charge is 2.09. The second-order valence-electron chi connectivity index (χ2n) is 4.60. The summed E-state index contributed by atoms with van der Waals surface area (Å²) in [5.74, 6) is 1.65. The van der Waals surface area contributed by atoms with E-state index in [9.17, 15) is 0 Å². The van der Waals surface area contributed by atoms with Crippen LogP contribution in [0.3, 0.4) is 0 Å². The van der Waals surface area contributed by atoms with E-state index in [0.717, 1.165) is 21.6 Å². The van der Waals surface area contributed by atoms with E-state index in [0.29, 0.717) is 5.69 Å². The lowest BCUT2D eigenvalue weighted by molar-refractivity contribution is 0.242. The number of hydrogen-bond donors (Lipinski definition) is 1. The van der Waals surface area contributed by atoms with Crippen LogP contribution in [0.15, 0.2) is 28.3 Å². The fourth-order valence-electron chi connectivity index (χ4n) is 1.57. The molecule has 2 aromatic rings. The third-order valence-corrected chi connectivity index (χ3v) is 3.55. The van der Waals surface area contributed by atoms with Gasteiger partial charge in [-0.05, 0) is 44.7 Å². The largest absolute Gasteiger partial charge is 0.491 e. The Morgan fingerprint density at radius 2 is 2.00 bits per heavy atom. The average Bonchev–Trinajstić information content (AvgIpc) is 2.59. The van der Waals surface area contributed by atoms with E-state index >= 15 is 0 Å². The molecule has 0 aliphatic carbocycles. The van der Waals surface area contributed by atoms with Crippen molar-refractivity contribution < 1.29 is 4.74 Å². The first kappa shape index (κ1) is 13.7. The minimum atomic E-state index is 0.122. The van der Waals surface area contributed by atoms with Crippen LogP contribution in [-0.2, 0) is 7.05 Å². The van der Waals surface area contributed by atoms with Crippen molar-refractivity contribution in [2.24, 2.45) is 7.05 Å². The molecule has 1 aromatic heterocycles. The van der Waals surface area contributed by atoms with Gasteiger partial charge in [-0.1, -0.05) is 0 Å². The van der Waals surface area contributed by atoms with Gasteiger partial charge in [-0.15, -0.1) is 10.2 Å². The fraction of sp³-hybridized carbons (Fsp3) is 0.385. The molecule has 1 aromatic carbocycles. The van der Waals surface area contributed by atoms with Crippen molar-refractivity contribution in [1.82, 2.24) is 14.8 Å². The first-order valence-electron chi connectivity index (χ1n) is 6.07. The predicted octanol–water partition coefficient (Wildman–Crippen LogP) is 2.64. The minimum absolute atomic E-state index is 0.122. The number of anilines is 1. The minimum Gasteiger partial charge on any atom is -0.491 e. The molecular weight excluding hydrogens is 260 g/mol. The van der Waals surface area contributed by atoms with Crippen LogP contribution in [0.5, 0.6) is 5.75 Å². The van der Waals surface area contributed by atoms with Crippen molar-refractivity contribution in [3.8, 4) is 5.75 Å². The normalized spacial score (nSPS) is 11.0. The maximum atomic E-state index is 5.90. The van der Waals surface area contributed by atoms with Gasteiger partial charge in [-0.25, -0.2) is 0 Å². The highest BCUT2D eigenvalue weighted by atomic mass is 32.2. The molecule has 0 unspecified atom stereocenters. The maximum Gasteiger partial charge on any atom is 0.195 e. The first-order chi connectivity index (χ1) is 8.95. The molecule has 0 amide bonds. The van der Waals surface area contributed by atoms with Gasteiger partial charge in [-0.2, -0.15) is 0 Å². The van der Waals surface area contributed by atoms with Gasteiger partial charge in [0.15, 0.2) is 5.16 Å². The standard InChI is InChI=1S/C13H18N4OS/c1-8(2)18-11-5-10(14)6-12(7-11)19-13-16-15-9(3)17(13)4/h5-8H,14H2,1-4H3. The van der Waals surface area contributed by atoms with Crippen LogP contribution in [0.25, 0.3) is 0 Å². The molecule has 1 heterocycles. The van der Waals surface area contributed by atoms with Crippen molar-refractivity contribution in [3.05, 3.63) is 24.0 Å². The Balaban J connectivity index is 2.25. The molecule has 102 valence electrons. The lowest BCUT2D eigenvalue weighted by Gasteiger charge is -2.11. The van der Waals surface area contributed by atoms with Crippen LogP contribution in [0.1, 0.15) is 19.7 Å². The summed E-state index contributed by atoms with van der Waals surface area (Å²) in [6, 6.07) is 5.69. The summed E-state index contributed by atoms with van der Waals surface area (Å²) in [6.45, 7) is 5.90. The van der Waals surface area contributed by atoms with Gasteiger partial charge in [0.2, 0.25) is 0 Å². The van der Waals surface area contributed by atoms with Crippen molar-refractivity contribution in [1.29, 1.82) is 0 Å². The molecule has 0 spiro atoms. The number of hydrogen-bond acceptors (Lipinski definition) is 5. The highest BCUT2D eigenvalue weighted by molar-refractivity contribution is 7.99. The molecule has 0 aliphatic heterocycles. The molecule has 2 rings (SSSR count). The Kier molecular flexibility index (Phi) is 3.99. The molecule has 5 nitrogen and oxygen atoms in total. The van der Waals surface area contributed by atoms with Crippen molar-refractivity contribution in [2.75, 3.05) is 5.73 Å². The maximum absolute atomic E-state index is 5.90. The summed E-state index contributed by atoms with van der Waals surface area (Å²) in [5.41, 5.74) is 6.58. The Morgan fingerprint density at radius 3 is 2.58 bits per heavy atom. The van der Waals surface area contributed by atoms with Crippen LogP contribution in [0.2, 0.25) is 0 Å². The number of aromatic nitrogens is 3. The molecule has 19 heavy (non-hydrogen) atoms. The topological polar surface area (TPSA) is 66.0 Å². The van der Waals surface area contributed by atoms with Crippen LogP contribution in [0.4, 0.5) is 5.69 Å². The molecule has 0 saturated carbocycles. The van der Waals surface area contributed by atoms with E-state index in [1.54, 1.807) is 0 Å². The van der Waals surface area contributed by atoms with Crippen molar-refractivity contribution >= 4 is 17.4 Å². The highest BCUT2D eigenvalue weighted by Crippen LogP contribution is 2.31. The molecule has 6 heteroatoms. The Bertz CT molecular complexity index is 580. The van der Waals surface area contributed by atoms with Crippen LogP contribution < -0.4 is 10.5 Å². The smallest absolute Gasteiger partial charge is 0.195 e. The number of rotatable bonds is 4. The molecule has 0 radical (unpaired) electrons. The predicted molar refractivity (Wildman–Crippen MR) is 76.5 cm³/mol. The van der Waals surface area contributed by atoms with E-state index in [2.05, 4.69) is 10.2 Å². The van der Waals surface area contributed by atoms with Gasteiger partial charge in [-0.3, -0.25) is 0 Å². The van der Waals surface area contributed by atoms with E-state index in [1.807, 2.05) is 50.6 Å². The second-order valence-corrected chi connectivity index (χ2v) is 5.64. The van der Waals surface area contributed by atoms with Crippen LogP contribution >= 0.6 is 11.8 Å². The van der Waals surface area contributed by atoms with Crippen LogP contribution in [-0.4, -0.2) is 20.9 Å². The molecule has 0 aliphatic rings. The lowest BCUT2D eigenvalue weighted by Crippen LogP contribution is -2.05. The molecule has 2 N–H and O–H groups in total. The monoisotopic (exact) mass is 278 g/mol. The van der Waals surface area contributed by atoms with E-state index in [1.165, 1.54) is 11.8 Å². The van der Waals surface area contributed by atoms with Crippen molar-refractivity contribution in [2.45, 2.75) is 36.9 Å². The molecule has 0 bridgehead atoms. The summed E-state index contributed by atoms with van der Waals surface area (Å²) in [7, 11) is 1.94. The SMILES string of the molecule is Cc1nnc(Sc2cc(N)cc(OC(C)C)c2)n1C. The zero-order chi connectivity index (χ0) is 14.0. The number of aryl methyl sites for hydroxylation is 1. The third-order valence-electron chi connectivity index (χ3n) is 2.54. The summed E-state index contributed by atoms with van der Waals surface area (Å²) < 4.78 is 7.61. The second kappa shape index (κ2) is 5.52. The number of ether oxygens (including phenoxy) is 1. The number of benzene rings is 1. The number of nitrogens with zero attached hydrogens (tertiary/aromatic N) is 3. The summed E-state index contributed by atoms with van der Waals surface area (Å²) in [6.07, 6.45) is 0.122. The summed E-state index contributed by atoms with van der Waals surface area (Å²) in [5, 5.41) is 8.99. The Labute approximate surface area is 117 Å². The third kappa shape index (κ3) is 3.41. The quantitative estimate of drug-likeness (QED) is 0.871. The molecule has 0 atom stereocenters. The lowest BCUT2D eigenvalue weighted by atomic mass is 10.3. The van der Waals surface area contributed by atoms with Gasteiger partial charge in [0.25, 0.3) is 0 Å². The van der Waals surface area contributed by atoms with Crippen LogP contribution in [0, 0.1) is 6.92 Å². The van der Waals surface area contributed by atoms with Gasteiger partial charge in [0.1, 0.15) is 11.6 Å². The van der Waals surface area contributed by atoms with E-state index < -0.39 is 0 Å². The number of nitrogens with two attached hydrogens (primary N) is 1. The molecular formula is C13H18N4OS. The molecule has 0 saturated heterocycles. The van der Waals surface area contributed by atoms with Crippen molar-refractivity contribution in [3.63, 3.8) is 0 Å². The summed E-state index contributed by atoms with van der Waals surface area (Å²) >= 11 is 1.52.